The molecule has 0 fully saturated rings. The number of nitrogens with two attached hydrogens (primary N) is 1. The van der Waals surface area contributed by atoms with Gasteiger partial charge in [0.1, 0.15) is 12.6 Å². The van der Waals surface area contributed by atoms with Gasteiger partial charge in [0.15, 0.2) is 6.10 Å². The van der Waals surface area contributed by atoms with Gasteiger partial charge in [0.05, 0.1) is 13.2 Å². The minimum absolute atomic E-state index is 0.154. The number of hydrogen-bond acceptors (Lipinski definition) is 9. The second-order valence-electron chi connectivity index (χ2n) is 15.5. The number of esters is 2. The number of phosphoric ester groups is 1. The van der Waals surface area contributed by atoms with Crippen molar-refractivity contribution in [2.75, 3.05) is 19.8 Å². The first-order valence-corrected chi connectivity index (χ1v) is 24.2. The third-order valence-electron chi connectivity index (χ3n) is 10.0. The van der Waals surface area contributed by atoms with Gasteiger partial charge in [-0.25, -0.2) is 4.57 Å². The molecule has 0 saturated heterocycles. The summed E-state index contributed by atoms with van der Waals surface area (Å²) in [7, 11) is -4.71. The topological polar surface area (TPSA) is 172 Å². The van der Waals surface area contributed by atoms with E-state index in [2.05, 4.69) is 30.5 Å². The molecule has 0 aliphatic rings. The number of rotatable bonds is 43. The molecule has 0 saturated carbocycles. The summed E-state index contributed by atoms with van der Waals surface area (Å²) in [4.78, 5) is 45.9. The predicted molar refractivity (Wildman–Crippen MR) is 226 cm³/mol. The molecule has 0 aromatic carbocycles. The van der Waals surface area contributed by atoms with E-state index in [-0.39, 0.29) is 19.4 Å². The van der Waals surface area contributed by atoms with E-state index in [4.69, 9.17) is 24.8 Å². The molecule has 330 valence electrons. The molecule has 0 aliphatic heterocycles. The highest BCUT2D eigenvalue weighted by Crippen LogP contribution is 2.43. The molecule has 12 heteroatoms. The SMILES string of the molecule is CCCC/C=C/CCCCCCCC(=O)O[C@@H](COC(=O)CCCCCCCCCCCCCCCCCCCCCCC)COP(=O)(O)OC[C@H](N)C(=O)O. The zero-order valence-corrected chi connectivity index (χ0v) is 36.6. The second-order valence-corrected chi connectivity index (χ2v) is 17.0. The van der Waals surface area contributed by atoms with Gasteiger partial charge in [0, 0.05) is 12.8 Å². The molecule has 0 aromatic heterocycles. The fourth-order valence-corrected chi connectivity index (χ4v) is 7.18. The summed E-state index contributed by atoms with van der Waals surface area (Å²) in [5.74, 6) is -2.38. The van der Waals surface area contributed by atoms with Crippen molar-refractivity contribution in [3.05, 3.63) is 12.2 Å². The zero-order chi connectivity index (χ0) is 41.4. The van der Waals surface area contributed by atoms with E-state index in [9.17, 15) is 23.8 Å². The van der Waals surface area contributed by atoms with Crippen LogP contribution in [-0.4, -0.2) is 59.9 Å². The van der Waals surface area contributed by atoms with Gasteiger partial charge in [-0.05, 0) is 32.1 Å². The Morgan fingerprint density at radius 1 is 0.536 bits per heavy atom. The van der Waals surface area contributed by atoms with Crippen molar-refractivity contribution in [2.45, 2.75) is 231 Å². The van der Waals surface area contributed by atoms with Crippen LogP contribution in [0.15, 0.2) is 12.2 Å². The molecular formula is C44H84NO10P. The van der Waals surface area contributed by atoms with Crippen LogP contribution in [0.25, 0.3) is 0 Å². The Labute approximate surface area is 341 Å². The summed E-state index contributed by atoms with van der Waals surface area (Å²) in [6.07, 6.45) is 40.0. The third kappa shape index (κ3) is 39.1. The Balaban J connectivity index is 4.20. The fraction of sp³-hybridized carbons (Fsp3) is 0.886. The minimum Gasteiger partial charge on any atom is -0.480 e. The van der Waals surface area contributed by atoms with Crippen molar-refractivity contribution < 1.29 is 47.5 Å². The van der Waals surface area contributed by atoms with E-state index >= 15 is 0 Å². The maximum atomic E-state index is 12.6. The van der Waals surface area contributed by atoms with Crippen LogP contribution in [-0.2, 0) is 37.5 Å². The fourth-order valence-electron chi connectivity index (χ4n) is 6.40. The summed E-state index contributed by atoms with van der Waals surface area (Å²) in [6.45, 7) is 2.78. The van der Waals surface area contributed by atoms with Crippen LogP contribution in [0.1, 0.15) is 219 Å². The van der Waals surface area contributed by atoms with Crippen LogP contribution in [0, 0.1) is 0 Å². The predicted octanol–water partition coefficient (Wildman–Crippen LogP) is 12.1. The number of carbonyl (C=O) groups is 3. The van der Waals surface area contributed by atoms with Crippen molar-refractivity contribution in [2.24, 2.45) is 5.73 Å². The molecule has 0 aliphatic carbocycles. The van der Waals surface area contributed by atoms with Gasteiger partial charge in [-0.1, -0.05) is 187 Å². The number of hydrogen-bond donors (Lipinski definition) is 3. The molecular weight excluding hydrogens is 733 g/mol. The molecule has 11 nitrogen and oxygen atoms in total. The van der Waals surface area contributed by atoms with Gasteiger partial charge in [0.25, 0.3) is 0 Å². The van der Waals surface area contributed by atoms with Gasteiger partial charge in [0.2, 0.25) is 0 Å². The molecule has 0 radical (unpaired) electrons. The smallest absolute Gasteiger partial charge is 0.472 e. The van der Waals surface area contributed by atoms with Crippen molar-refractivity contribution >= 4 is 25.7 Å². The first-order valence-electron chi connectivity index (χ1n) is 22.7. The molecule has 56 heavy (non-hydrogen) atoms. The minimum atomic E-state index is -4.71. The van der Waals surface area contributed by atoms with Crippen LogP contribution in [0.3, 0.4) is 0 Å². The highest BCUT2D eigenvalue weighted by Gasteiger charge is 2.28. The first-order chi connectivity index (χ1) is 27.1. The summed E-state index contributed by atoms with van der Waals surface area (Å²) >= 11 is 0. The first kappa shape index (κ1) is 54.2. The second kappa shape index (κ2) is 40.0. The lowest BCUT2D eigenvalue weighted by atomic mass is 10.0. The van der Waals surface area contributed by atoms with E-state index in [1.165, 1.54) is 122 Å². The molecule has 0 heterocycles. The number of allylic oxidation sites excluding steroid dienone is 2. The maximum Gasteiger partial charge on any atom is 0.472 e. The maximum absolute atomic E-state index is 12.6. The van der Waals surface area contributed by atoms with E-state index in [1.807, 2.05) is 0 Å². The van der Waals surface area contributed by atoms with E-state index in [0.29, 0.717) is 12.8 Å². The molecule has 4 N–H and O–H groups in total. The Hall–Kier alpha value is -1.78. The molecule has 0 spiro atoms. The van der Waals surface area contributed by atoms with Crippen LogP contribution >= 0.6 is 7.82 Å². The van der Waals surface area contributed by atoms with Gasteiger partial charge in [-0.3, -0.25) is 23.4 Å². The largest absolute Gasteiger partial charge is 0.480 e. The Bertz CT molecular complexity index is 1010. The molecule has 3 atom stereocenters. The van der Waals surface area contributed by atoms with Gasteiger partial charge < -0.3 is 25.2 Å². The lowest BCUT2D eigenvalue weighted by molar-refractivity contribution is -0.161. The van der Waals surface area contributed by atoms with E-state index in [1.54, 1.807) is 0 Å². The summed E-state index contributed by atoms with van der Waals surface area (Å²) in [6, 6.07) is -1.52. The highest BCUT2D eigenvalue weighted by atomic mass is 31.2. The van der Waals surface area contributed by atoms with Crippen LogP contribution in [0.5, 0.6) is 0 Å². The Morgan fingerprint density at radius 2 is 0.911 bits per heavy atom. The Morgan fingerprint density at radius 3 is 1.36 bits per heavy atom. The number of ether oxygens (including phenoxy) is 2. The van der Waals surface area contributed by atoms with Crippen molar-refractivity contribution in [1.82, 2.24) is 0 Å². The van der Waals surface area contributed by atoms with Crippen LogP contribution in [0.2, 0.25) is 0 Å². The van der Waals surface area contributed by atoms with Crippen molar-refractivity contribution in [1.29, 1.82) is 0 Å². The molecule has 0 rings (SSSR count). The molecule has 0 amide bonds. The number of phosphoric acid groups is 1. The van der Waals surface area contributed by atoms with Gasteiger partial charge in [-0.2, -0.15) is 0 Å². The Kier molecular flexibility index (Phi) is 38.7. The number of aliphatic carboxylic acids is 1. The highest BCUT2D eigenvalue weighted by molar-refractivity contribution is 7.47. The summed E-state index contributed by atoms with van der Waals surface area (Å²) in [5.41, 5.74) is 5.33. The number of carboxylic acids is 1. The van der Waals surface area contributed by atoms with E-state index in [0.717, 1.165) is 57.8 Å². The standard InChI is InChI=1S/C44H84NO10P/c1-3-5-7-9-11-13-15-16-17-18-19-20-21-22-23-24-26-27-29-31-33-35-42(46)52-37-40(38-53-56(50,51)54-39-41(45)44(48)49)55-43(47)36-34-32-30-28-25-14-12-10-8-6-4-2/h10,12,40-41H,3-9,11,13-39,45H2,1-2H3,(H,48,49)(H,50,51)/b12-10+/t40-,41-/m0/s1. The third-order valence-corrected chi connectivity index (χ3v) is 11.0. The lowest BCUT2D eigenvalue weighted by Gasteiger charge is -2.20. The van der Waals surface area contributed by atoms with Crippen molar-refractivity contribution in [3.63, 3.8) is 0 Å². The van der Waals surface area contributed by atoms with Gasteiger partial charge in [-0.15, -0.1) is 0 Å². The monoisotopic (exact) mass is 818 g/mol. The quantitative estimate of drug-likeness (QED) is 0.0231. The van der Waals surface area contributed by atoms with Crippen molar-refractivity contribution in [3.8, 4) is 0 Å². The molecule has 0 aromatic rings. The average Bonchev–Trinajstić information content (AvgIpc) is 3.17. The molecule has 1 unspecified atom stereocenters. The number of carboxylic acid groups (broad SMARTS) is 1. The summed E-state index contributed by atoms with van der Waals surface area (Å²) in [5, 5.41) is 8.88. The van der Waals surface area contributed by atoms with Crippen LogP contribution < -0.4 is 5.73 Å². The normalized spacial score (nSPS) is 13.8. The number of carbonyl (C=O) groups excluding carboxylic acids is 2. The van der Waals surface area contributed by atoms with Crippen LogP contribution in [0.4, 0.5) is 0 Å². The number of unbranched alkanes of at least 4 members (excludes halogenated alkanes) is 27. The van der Waals surface area contributed by atoms with Gasteiger partial charge >= 0.3 is 25.7 Å². The summed E-state index contributed by atoms with van der Waals surface area (Å²) < 4.78 is 32.7. The average molecular weight is 818 g/mol. The zero-order valence-electron chi connectivity index (χ0n) is 35.7. The van der Waals surface area contributed by atoms with E-state index < -0.39 is 51.1 Å². The molecule has 0 bridgehead atoms. The lowest BCUT2D eigenvalue weighted by Crippen LogP contribution is -2.34.